The quantitative estimate of drug-likeness (QED) is 0.890. The van der Waals surface area contributed by atoms with Gasteiger partial charge < -0.3 is 15.0 Å². The topological polar surface area (TPSA) is 50.3 Å². The van der Waals surface area contributed by atoms with Crippen LogP contribution in [0.25, 0.3) is 0 Å². The van der Waals surface area contributed by atoms with Crippen molar-refractivity contribution in [3.63, 3.8) is 0 Å². The molecule has 0 radical (unpaired) electrons. The van der Waals surface area contributed by atoms with E-state index in [0.29, 0.717) is 0 Å². The summed E-state index contributed by atoms with van der Waals surface area (Å²) in [7, 11) is 5.52. The van der Waals surface area contributed by atoms with Crippen molar-refractivity contribution in [2.75, 3.05) is 31.4 Å². The number of methoxy groups -OCH3 is 1. The fraction of sp³-hybridized carbons (Fsp3) is 0.286. The molecule has 0 spiro atoms. The number of hydrogen-bond donors (Lipinski definition) is 1. The number of rotatable bonds is 5. The highest BCUT2D eigenvalue weighted by Crippen LogP contribution is 2.21. The minimum atomic E-state index is 0.726. The third-order valence-corrected chi connectivity index (χ3v) is 2.90. The lowest BCUT2D eigenvalue weighted by Gasteiger charge is -2.19. The van der Waals surface area contributed by atoms with E-state index in [0.717, 1.165) is 29.5 Å². The first kappa shape index (κ1) is 13.1. The maximum Gasteiger partial charge on any atom is 0.134 e. The molecule has 0 fully saturated rings. The summed E-state index contributed by atoms with van der Waals surface area (Å²) in [5.74, 6) is 2.55. The third-order valence-electron chi connectivity index (χ3n) is 2.90. The van der Waals surface area contributed by atoms with Gasteiger partial charge in [-0.25, -0.2) is 9.97 Å². The molecule has 0 bridgehead atoms. The van der Waals surface area contributed by atoms with E-state index in [1.807, 2.05) is 38.4 Å². The monoisotopic (exact) mass is 258 g/mol. The zero-order valence-electron chi connectivity index (χ0n) is 11.4. The van der Waals surface area contributed by atoms with Gasteiger partial charge in [0.1, 0.15) is 23.7 Å². The summed E-state index contributed by atoms with van der Waals surface area (Å²) < 4.78 is 5.36. The molecule has 0 unspecified atom stereocenters. The maximum absolute atomic E-state index is 5.36. The van der Waals surface area contributed by atoms with Gasteiger partial charge in [0, 0.05) is 32.3 Å². The molecule has 5 heteroatoms. The van der Waals surface area contributed by atoms with Gasteiger partial charge in [0.15, 0.2) is 0 Å². The summed E-state index contributed by atoms with van der Waals surface area (Å²) in [5, 5.41) is 3.01. The standard InChI is InChI=1S/C14H18N4O/c1-15-13-8-14(17-10-16-13)18(2)9-11-6-4-5-7-12(11)19-3/h4-8,10H,9H2,1-3H3,(H,15,16,17). The van der Waals surface area contributed by atoms with Crippen molar-refractivity contribution in [3.8, 4) is 5.75 Å². The minimum absolute atomic E-state index is 0.726. The van der Waals surface area contributed by atoms with Crippen molar-refractivity contribution in [2.24, 2.45) is 0 Å². The second-order valence-corrected chi connectivity index (χ2v) is 4.18. The van der Waals surface area contributed by atoms with E-state index >= 15 is 0 Å². The summed E-state index contributed by atoms with van der Waals surface area (Å²) in [6.45, 7) is 0.726. The smallest absolute Gasteiger partial charge is 0.134 e. The Morgan fingerprint density at radius 1 is 1.26 bits per heavy atom. The molecule has 0 amide bonds. The second-order valence-electron chi connectivity index (χ2n) is 4.18. The lowest BCUT2D eigenvalue weighted by atomic mass is 10.2. The molecule has 0 aliphatic carbocycles. The summed E-state index contributed by atoms with van der Waals surface area (Å²) in [6, 6.07) is 9.89. The molecule has 5 nitrogen and oxygen atoms in total. The van der Waals surface area contributed by atoms with Crippen molar-refractivity contribution in [3.05, 3.63) is 42.2 Å². The fourth-order valence-electron chi connectivity index (χ4n) is 1.86. The highest BCUT2D eigenvalue weighted by molar-refractivity contribution is 5.48. The van der Waals surface area contributed by atoms with Crippen molar-refractivity contribution in [2.45, 2.75) is 6.54 Å². The Bertz CT molecular complexity index is 544. The number of ether oxygens (including phenoxy) is 1. The predicted molar refractivity (Wildman–Crippen MR) is 76.7 cm³/mol. The SMILES string of the molecule is CNc1cc(N(C)Cc2ccccc2OC)ncn1. The first-order valence-electron chi connectivity index (χ1n) is 6.07. The fourth-order valence-corrected chi connectivity index (χ4v) is 1.86. The van der Waals surface area contributed by atoms with Gasteiger partial charge in [0.05, 0.1) is 7.11 Å². The van der Waals surface area contributed by atoms with Crippen LogP contribution in [0.5, 0.6) is 5.75 Å². The van der Waals surface area contributed by atoms with Gasteiger partial charge in [-0.3, -0.25) is 0 Å². The van der Waals surface area contributed by atoms with Gasteiger partial charge in [-0.1, -0.05) is 18.2 Å². The first-order chi connectivity index (χ1) is 9.24. The lowest BCUT2D eigenvalue weighted by molar-refractivity contribution is 0.409. The van der Waals surface area contributed by atoms with E-state index in [-0.39, 0.29) is 0 Å². The zero-order chi connectivity index (χ0) is 13.7. The van der Waals surface area contributed by atoms with Crippen molar-refractivity contribution < 1.29 is 4.74 Å². The Kier molecular flexibility index (Phi) is 4.18. The molecule has 1 aromatic carbocycles. The number of anilines is 2. The maximum atomic E-state index is 5.36. The number of para-hydroxylation sites is 1. The molecule has 0 aliphatic rings. The molecule has 100 valence electrons. The van der Waals surface area contributed by atoms with Gasteiger partial charge in [-0.15, -0.1) is 0 Å². The van der Waals surface area contributed by atoms with Crippen LogP contribution in [0.1, 0.15) is 5.56 Å². The Labute approximate surface area is 113 Å². The van der Waals surface area contributed by atoms with E-state index in [1.165, 1.54) is 0 Å². The predicted octanol–water partition coefficient (Wildman–Crippen LogP) is 2.16. The normalized spacial score (nSPS) is 10.1. The van der Waals surface area contributed by atoms with Gasteiger partial charge in [0.2, 0.25) is 0 Å². The minimum Gasteiger partial charge on any atom is -0.496 e. The van der Waals surface area contributed by atoms with E-state index in [1.54, 1.807) is 13.4 Å². The highest BCUT2D eigenvalue weighted by Gasteiger charge is 2.08. The molecule has 0 atom stereocenters. The van der Waals surface area contributed by atoms with Crippen LogP contribution in [-0.4, -0.2) is 31.2 Å². The molecule has 2 rings (SSSR count). The van der Waals surface area contributed by atoms with Crippen LogP contribution in [0.15, 0.2) is 36.7 Å². The van der Waals surface area contributed by atoms with Crippen molar-refractivity contribution in [1.29, 1.82) is 0 Å². The van der Waals surface area contributed by atoms with Gasteiger partial charge in [0.25, 0.3) is 0 Å². The number of nitrogens with one attached hydrogen (secondary N) is 1. The van der Waals surface area contributed by atoms with Crippen molar-refractivity contribution in [1.82, 2.24) is 9.97 Å². The summed E-state index contributed by atoms with van der Waals surface area (Å²) in [6.07, 6.45) is 1.56. The van der Waals surface area contributed by atoms with E-state index in [9.17, 15) is 0 Å². The molecular weight excluding hydrogens is 240 g/mol. The van der Waals surface area contributed by atoms with E-state index in [4.69, 9.17) is 4.74 Å². The number of nitrogens with zero attached hydrogens (tertiary/aromatic N) is 3. The zero-order valence-corrected chi connectivity index (χ0v) is 11.4. The summed E-state index contributed by atoms with van der Waals surface area (Å²) in [5.41, 5.74) is 1.12. The van der Waals surface area contributed by atoms with Crippen LogP contribution in [0.3, 0.4) is 0 Å². The summed E-state index contributed by atoms with van der Waals surface area (Å²) in [4.78, 5) is 10.4. The van der Waals surface area contributed by atoms with Crippen LogP contribution in [0.4, 0.5) is 11.6 Å². The van der Waals surface area contributed by atoms with Crippen LogP contribution >= 0.6 is 0 Å². The molecular formula is C14H18N4O. The Balaban J connectivity index is 2.18. The third kappa shape index (κ3) is 3.13. The molecule has 1 N–H and O–H groups in total. The van der Waals surface area contributed by atoms with Crippen LogP contribution in [0, 0.1) is 0 Å². The van der Waals surface area contributed by atoms with Crippen LogP contribution in [-0.2, 0) is 6.54 Å². The van der Waals surface area contributed by atoms with Crippen LogP contribution in [0.2, 0.25) is 0 Å². The second kappa shape index (κ2) is 6.04. The van der Waals surface area contributed by atoms with E-state index < -0.39 is 0 Å². The molecule has 1 aromatic heterocycles. The van der Waals surface area contributed by atoms with Gasteiger partial charge in [-0.2, -0.15) is 0 Å². The van der Waals surface area contributed by atoms with Gasteiger partial charge >= 0.3 is 0 Å². The average Bonchev–Trinajstić information content (AvgIpc) is 2.47. The molecule has 19 heavy (non-hydrogen) atoms. The Hall–Kier alpha value is -2.30. The van der Waals surface area contributed by atoms with Gasteiger partial charge in [-0.05, 0) is 6.07 Å². The summed E-state index contributed by atoms with van der Waals surface area (Å²) >= 11 is 0. The van der Waals surface area contributed by atoms with E-state index in [2.05, 4.69) is 26.3 Å². The highest BCUT2D eigenvalue weighted by atomic mass is 16.5. The molecule has 1 heterocycles. The lowest BCUT2D eigenvalue weighted by Crippen LogP contribution is -2.18. The first-order valence-corrected chi connectivity index (χ1v) is 6.07. The van der Waals surface area contributed by atoms with Crippen molar-refractivity contribution >= 4 is 11.6 Å². The Morgan fingerprint density at radius 3 is 2.79 bits per heavy atom. The average molecular weight is 258 g/mol. The molecule has 0 aliphatic heterocycles. The largest absolute Gasteiger partial charge is 0.496 e. The molecule has 2 aromatic rings. The molecule has 0 saturated heterocycles. The number of aromatic nitrogens is 2. The Morgan fingerprint density at radius 2 is 2.05 bits per heavy atom. The number of benzene rings is 1. The number of hydrogen-bond acceptors (Lipinski definition) is 5. The van der Waals surface area contributed by atoms with Crippen LogP contribution < -0.4 is 15.0 Å². The molecule has 0 saturated carbocycles.